The zero-order valence-corrected chi connectivity index (χ0v) is 7.41. The molecule has 0 aliphatic rings. The van der Waals surface area contributed by atoms with Gasteiger partial charge in [0, 0.05) is 5.25 Å². The Balaban J connectivity index is 3.21. The second-order valence-electron chi connectivity index (χ2n) is 1.59. The van der Waals surface area contributed by atoms with Gasteiger partial charge < -0.3 is 4.84 Å². The molecule has 0 aliphatic heterocycles. The van der Waals surface area contributed by atoms with E-state index < -0.39 is 5.09 Å². The van der Waals surface area contributed by atoms with Crippen LogP contribution in [0.5, 0.6) is 0 Å². The van der Waals surface area contributed by atoms with Crippen molar-refractivity contribution in [3.8, 4) is 0 Å². The molecule has 0 radical (unpaired) electrons. The van der Waals surface area contributed by atoms with E-state index in [1.165, 1.54) is 0 Å². The lowest BCUT2D eigenvalue weighted by atomic mass is 10.5. The summed E-state index contributed by atoms with van der Waals surface area (Å²) in [6.07, 6.45) is 1.92. The molecule has 0 bridgehead atoms. The van der Waals surface area contributed by atoms with Gasteiger partial charge in [-0.05, 0) is 6.26 Å². The van der Waals surface area contributed by atoms with Gasteiger partial charge in [-0.1, -0.05) is 28.5 Å². The molecule has 0 amide bonds. The van der Waals surface area contributed by atoms with Crippen LogP contribution in [-0.4, -0.2) is 23.2 Å². The topological polar surface area (TPSA) is 52.4 Å². The molecular weight excluding hydrogens is 174 g/mol. The van der Waals surface area contributed by atoms with E-state index in [9.17, 15) is 10.1 Å². The standard InChI is InChI=1S/C4H9NO3S2/c1-4(10-9-2)3-8-5(6)7/h4H,3H2,1-2H3. The van der Waals surface area contributed by atoms with Crippen molar-refractivity contribution in [1.82, 2.24) is 0 Å². The van der Waals surface area contributed by atoms with Crippen molar-refractivity contribution in [1.29, 1.82) is 0 Å². The van der Waals surface area contributed by atoms with Gasteiger partial charge in [-0.25, -0.2) is 0 Å². The van der Waals surface area contributed by atoms with E-state index in [1.54, 1.807) is 21.6 Å². The fourth-order valence-corrected chi connectivity index (χ4v) is 1.96. The van der Waals surface area contributed by atoms with E-state index in [0.29, 0.717) is 0 Å². The SMILES string of the molecule is CSSC(C)CO[N+](=O)[O-]. The molecule has 0 fully saturated rings. The summed E-state index contributed by atoms with van der Waals surface area (Å²) < 4.78 is 0. The highest BCUT2D eigenvalue weighted by Crippen LogP contribution is 2.22. The smallest absolute Gasteiger partial charge is 0.294 e. The first-order valence-corrected chi connectivity index (χ1v) is 5.25. The second kappa shape index (κ2) is 5.67. The maximum Gasteiger partial charge on any atom is 0.294 e. The Hall–Kier alpha value is -0.100. The molecule has 10 heavy (non-hydrogen) atoms. The minimum Gasteiger partial charge on any atom is -0.313 e. The third-order valence-electron chi connectivity index (χ3n) is 0.675. The van der Waals surface area contributed by atoms with Crippen molar-refractivity contribution in [2.45, 2.75) is 12.2 Å². The van der Waals surface area contributed by atoms with Crippen LogP contribution in [0.2, 0.25) is 0 Å². The lowest BCUT2D eigenvalue weighted by Gasteiger charge is -2.05. The summed E-state index contributed by atoms with van der Waals surface area (Å²) in [6, 6.07) is 0. The monoisotopic (exact) mass is 183 g/mol. The number of nitrogens with zero attached hydrogens (tertiary/aromatic N) is 1. The summed E-state index contributed by atoms with van der Waals surface area (Å²) >= 11 is 0. The van der Waals surface area contributed by atoms with E-state index in [0.717, 1.165) is 0 Å². The van der Waals surface area contributed by atoms with Crippen molar-refractivity contribution >= 4 is 21.6 Å². The predicted molar refractivity (Wildman–Crippen MR) is 43.5 cm³/mol. The molecule has 1 unspecified atom stereocenters. The largest absolute Gasteiger partial charge is 0.313 e. The number of hydrogen-bond acceptors (Lipinski definition) is 5. The average Bonchev–Trinajstić information content (AvgIpc) is 1.85. The van der Waals surface area contributed by atoms with E-state index in [4.69, 9.17) is 0 Å². The molecule has 4 nitrogen and oxygen atoms in total. The summed E-state index contributed by atoms with van der Waals surface area (Å²) in [6.45, 7) is 2.04. The van der Waals surface area contributed by atoms with Crippen LogP contribution in [0.15, 0.2) is 0 Å². The lowest BCUT2D eigenvalue weighted by Crippen LogP contribution is -2.10. The Bertz CT molecular complexity index is 111. The first-order chi connectivity index (χ1) is 4.66. The van der Waals surface area contributed by atoms with Crippen LogP contribution in [0.25, 0.3) is 0 Å². The van der Waals surface area contributed by atoms with Crippen LogP contribution in [0, 0.1) is 10.1 Å². The van der Waals surface area contributed by atoms with Gasteiger partial charge in [0.05, 0.1) is 0 Å². The molecule has 6 heteroatoms. The molecule has 0 heterocycles. The zero-order valence-electron chi connectivity index (χ0n) is 5.77. The molecular formula is C4H9NO3S2. The van der Waals surface area contributed by atoms with Crippen molar-refractivity contribution < 1.29 is 9.92 Å². The maximum atomic E-state index is 9.68. The van der Waals surface area contributed by atoms with Gasteiger partial charge >= 0.3 is 0 Å². The second-order valence-corrected chi connectivity index (χ2v) is 4.50. The van der Waals surface area contributed by atoms with Crippen LogP contribution >= 0.6 is 21.6 Å². The fraction of sp³-hybridized carbons (Fsp3) is 1.00. The third kappa shape index (κ3) is 6.03. The highest BCUT2D eigenvalue weighted by atomic mass is 33.1. The van der Waals surface area contributed by atoms with Crippen LogP contribution in [0.3, 0.4) is 0 Å². The van der Waals surface area contributed by atoms with Crippen molar-refractivity contribution in [2.24, 2.45) is 0 Å². The van der Waals surface area contributed by atoms with Gasteiger partial charge in [0.15, 0.2) is 0 Å². The van der Waals surface area contributed by atoms with Gasteiger partial charge in [0.25, 0.3) is 5.09 Å². The number of rotatable bonds is 5. The predicted octanol–water partition coefficient (Wildman–Crippen LogP) is 1.59. The molecule has 0 spiro atoms. The first-order valence-electron chi connectivity index (χ1n) is 2.63. The molecule has 0 aromatic heterocycles. The lowest BCUT2D eigenvalue weighted by molar-refractivity contribution is -0.757. The van der Waals surface area contributed by atoms with E-state index >= 15 is 0 Å². The number of hydrogen-bond donors (Lipinski definition) is 0. The Morgan fingerprint density at radius 3 is 2.80 bits per heavy atom. The summed E-state index contributed by atoms with van der Waals surface area (Å²) in [5.74, 6) is 0. The Kier molecular flexibility index (Phi) is 5.61. The van der Waals surface area contributed by atoms with Crippen LogP contribution in [-0.2, 0) is 4.84 Å². The van der Waals surface area contributed by atoms with E-state index in [2.05, 4.69) is 4.84 Å². The van der Waals surface area contributed by atoms with Crippen LogP contribution in [0.4, 0.5) is 0 Å². The highest BCUT2D eigenvalue weighted by molar-refractivity contribution is 8.76. The molecule has 0 aromatic rings. The fourth-order valence-electron chi connectivity index (χ4n) is 0.358. The van der Waals surface area contributed by atoms with E-state index in [-0.39, 0.29) is 11.9 Å². The molecule has 0 N–H and O–H groups in total. The highest BCUT2D eigenvalue weighted by Gasteiger charge is 2.03. The Morgan fingerprint density at radius 2 is 2.40 bits per heavy atom. The molecule has 0 saturated heterocycles. The Labute approximate surface area is 67.2 Å². The molecule has 0 saturated carbocycles. The van der Waals surface area contributed by atoms with Crippen molar-refractivity contribution in [2.75, 3.05) is 12.9 Å². The quantitative estimate of drug-likeness (QED) is 0.368. The minimum absolute atomic E-state index is 0.165. The van der Waals surface area contributed by atoms with Gasteiger partial charge in [0.2, 0.25) is 0 Å². The summed E-state index contributed by atoms with van der Waals surface area (Å²) in [5, 5.41) is 9.08. The molecule has 0 rings (SSSR count). The van der Waals surface area contributed by atoms with Crippen molar-refractivity contribution in [3.05, 3.63) is 10.1 Å². The Morgan fingerprint density at radius 1 is 1.80 bits per heavy atom. The third-order valence-corrected chi connectivity index (χ3v) is 2.90. The summed E-state index contributed by atoms with van der Waals surface area (Å²) in [4.78, 5) is 13.8. The minimum atomic E-state index is -0.766. The molecule has 0 aromatic carbocycles. The zero-order chi connectivity index (χ0) is 7.98. The van der Waals surface area contributed by atoms with Crippen LogP contribution < -0.4 is 0 Å². The summed E-state index contributed by atoms with van der Waals surface area (Å²) in [5.41, 5.74) is 0. The normalized spacial score (nSPS) is 12.6. The van der Waals surface area contributed by atoms with Gasteiger partial charge in [0.1, 0.15) is 6.61 Å². The molecule has 1 atom stereocenters. The molecule has 60 valence electrons. The molecule has 0 aliphatic carbocycles. The maximum absolute atomic E-state index is 9.68. The van der Waals surface area contributed by atoms with Gasteiger partial charge in [-0.2, -0.15) is 0 Å². The van der Waals surface area contributed by atoms with E-state index in [1.807, 2.05) is 13.2 Å². The summed E-state index contributed by atoms with van der Waals surface area (Å²) in [7, 11) is 3.14. The van der Waals surface area contributed by atoms with Crippen molar-refractivity contribution in [3.63, 3.8) is 0 Å². The van der Waals surface area contributed by atoms with Crippen LogP contribution in [0.1, 0.15) is 6.92 Å². The average molecular weight is 183 g/mol. The van der Waals surface area contributed by atoms with Gasteiger partial charge in [-0.3, -0.25) is 0 Å². The van der Waals surface area contributed by atoms with Gasteiger partial charge in [-0.15, -0.1) is 10.1 Å². The first kappa shape index (κ1) is 9.90.